The second kappa shape index (κ2) is 7.67. The van der Waals surface area contributed by atoms with Crippen LogP contribution in [0, 0.1) is 0 Å². The number of benzene rings is 2. The number of hydrogen-bond donors (Lipinski definition) is 3. The van der Waals surface area contributed by atoms with Gasteiger partial charge in [0, 0.05) is 28.7 Å². The van der Waals surface area contributed by atoms with E-state index in [1.165, 1.54) is 24.3 Å². The molecule has 0 saturated heterocycles. The number of phenolic OH excluding ortho intramolecular Hbond substituents is 1. The van der Waals surface area contributed by atoms with Crippen molar-refractivity contribution in [3.63, 3.8) is 0 Å². The molecule has 2 unspecified atom stereocenters. The third kappa shape index (κ3) is 4.13. The maximum atomic E-state index is 13.8. The van der Waals surface area contributed by atoms with Gasteiger partial charge in [-0.25, -0.2) is 4.68 Å². The van der Waals surface area contributed by atoms with Gasteiger partial charge in [-0.1, -0.05) is 34.1 Å². The Morgan fingerprint density at radius 2 is 1.93 bits per heavy atom. The standard InChI is InChI=1S/C20H16BrF3N4O2/c21-12-6-4-11(5-7-12)15-9-17(20(22,23)24)28-18(26-15)10-16(27-28)19(30)25-13-2-1-3-14(29)8-13/h1-8,10,15,17,26,29H,9H2,(H,25,30). The van der Waals surface area contributed by atoms with Crippen molar-refractivity contribution in [1.82, 2.24) is 9.78 Å². The number of hydrogen-bond acceptors (Lipinski definition) is 4. The monoisotopic (exact) mass is 480 g/mol. The lowest BCUT2D eigenvalue weighted by Crippen LogP contribution is -2.35. The molecule has 1 aliphatic heterocycles. The second-order valence-corrected chi connectivity index (χ2v) is 7.82. The molecule has 6 nitrogen and oxygen atoms in total. The molecule has 4 rings (SSSR count). The zero-order chi connectivity index (χ0) is 21.5. The van der Waals surface area contributed by atoms with Gasteiger partial charge in [-0.2, -0.15) is 18.3 Å². The van der Waals surface area contributed by atoms with Crippen LogP contribution in [0.2, 0.25) is 0 Å². The summed E-state index contributed by atoms with van der Waals surface area (Å²) in [6.07, 6.45) is -4.79. The molecular weight excluding hydrogens is 465 g/mol. The first-order chi connectivity index (χ1) is 14.2. The number of alkyl halides is 3. The van der Waals surface area contributed by atoms with Crippen molar-refractivity contribution in [3.8, 4) is 5.75 Å². The highest BCUT2D eigenvalue weighted by Crippen LogP contribution is 2.43. The van der Waals surface area contributed by atoms with Gasteiger partial charge in [0.15, 0.2) is 11.7 Å². The summed E-state index contributed by atoms with van der Waals surface area (Å²) in [7, 11) is 0. The van der Waals surface area contributed by atoms with Crippen LogP contribution in [0.25, 0.3) is 0 Å². The molecule has 3 N–H and O–H groups in total. The summed E-state index contributed by atoms with van der Waals surface area (Å²) in [5.41, 5.74) is 0.844. The van der Waals surface area contributed by atoms with Gasteiger partial charge in [-0.05, 0) is 29.8 Å². The molecule has 2 heterocycles. The van der Waals surface area contributed by atoms with E-state index in [0.29, 0.717) is 11.3 Å². The molecule has 0 bridgehead atoms. The summed E-state index contributed by atoms with van der Waals surface area (Å²) in [6, 6.07) is 11.7. The molecule has 1 aromatic heterocycles. The molecule has 2 aromatic carbocycles. The van der Waals surface area contributed by atoms with Crippen LogP contribution in [-0.2, 0) is 0 Å². The molecule has 0 aliphatic carbocycles. The van der Waals surface area contributed by atoms with Gasteiger partial charge in [0.1, 0.15) is 11.6 Å². The van der Waals surface area contributed by atoms with Crippen molar-refractivity contribution in [2.75, 3.05) is 10.6 Å². The molecule has 1 amide bonds. The zero-order valence-corrected chi connectivity index (χ0v) is 16.9. The quantitative estimate of drug-likeness (QED) is 0.477. The molecular formula is C20H16BrF3N4O2. The number of aromatic nitrogens is 2. The molecule has 0 radical (unpaired) electrons. The predicted octanol–water partition coefficient (Wildman–Crippen LogP) is 5.26. The van der Waals surface area contributed by atoms with Crippen LogP contribution in [0.1, 0.15) is 34.6 Å². The predicted molar refractivity (Wildman–Crippen MR) is 109 cm³/mol. The Kier molecular flexibility index (Phi) is 5.19. The Bertz CT molecular complexity index is 1080. The Morgan fingerprint density at radius 1 is 1.20 bits per heavy atom. The molecule has 30 heavy (non-hydrogen) atoms. The van der Waals surface area contributed by atoms with Gasteiger partial charge in [0.2, 0.25) is 0 Å². The highest BCUT2D eigenvalue weighted by atomic mass is 79.9. The van der Waals surface area contributed by atoms with Crippen LogP contribution in [0.3, 0.4) is 0 Å². The summed E-state index contributed by atoms with van der Waals surface area (Å²) in [6.45, 7) is 0. The highest BCUT2D eigenvalue weighted by Gasteiger charge is 2.46. The van der Waals surface area contributed by atoms with E-state index in [2.05, 4.69) is 31.7 Å². The van der Waals surface area contributed by atoms with E-state index in [0.717, 1.165) is 9.15 Å². The topological polar surface area (TPSA) is 79.2 Å². The van der Waals surface area contributed by atoms with Gasteiger partial charge in [0.25, 0.3) is 5.91 Å². The fourth-order valence-electron chi connectivity index (χ4n) is 3.38. The number of halogens is 4. The molecule has 10 heteroatoms. The molecule has 156 valence electrons. The number of phenols is 1. The van der Waals surface area contributed by atoms with Crippen molar-refractivity contribution >= 4 is 33.3 Å². The van der Waals surface area contributed by atoms with E-state index in [4.69, 9.17) is 0 Å². The average molecular weight is 481 g/mol. The van der Waals surface area contributed by atoms with Crippen molar-refractivity contribution < 1.29 is 23.1 Å². The Morgan fingerprint density at radius 3 is 2.60 bits per heavy atom. The highest BCUT2D eigenvalue weighted by molar-refractivity contribution is 9.10. The molecule has 1 aliphatic rings. The first-order valence-corrected chi connectivity index (χ1v) is 9.78. The SMILES string of the molecule is O=C(Nc1cccc(O)c1)c1cc2n(n1)C(C(F)(F)F)CC(c1ccc(Br)cc1)N2. The van der Waals surface area contributed by atoms with E-state index in [1.54, 1.807) is 30.3 Å². The van der Waals surface area contributed by atoms with Crippen molar-refractivity contribution in [3.05, 3.63) is 70.3 Å². The summed E-state index contributed by atoms with van der Waals surface area (Å²) in [5, 5.41) is 19.0. The summed E-state index contributed by atoms with van der Waals surface area (Å²) in [5.74, 6) is -0.615. The van der Waals surface area contributed by atoms with Crippen LogP contribution < -0.4 is 10.6 Å². The minimum absolute atomic E-state index is 0.0481. The van der Waals surface area contributed by atoms with Crippen LogP contribution in [-0.4, -0.2) is 27.0 Å². The van der Waals surface area contributed by atoms with Crippen molar-refractivity contribution in [2.45, 2.75) is 24.7 Å². The summed E-state index contributed by atoms with van der Waals surface area (Å²) < 4.78 is 42.9. The van der Waals surface area contributed by atoms with Gasteiger partial charge in [0.05, 0.1) is 6.04 Å². The number of rotatable bonds is 3. The first-order valence-electron chi connectivity index (χ1n) is 8.99. The lowest BCUT2D eigenvalue weighted by Gasteiger charge is -2.33. The fraction of sp³-hybridized carbons (Fsp3) is 0.200. The maximum Gasteiger partial charge on any atom is 0.410 e. The summed E-state index contributed by atoms with van der Waals surface area (Å²) in [4.78, 5) is 12.5. The molecule has 0 fully saturated rings. The molecule has 2 atom stereocenters. The van der Waals surface area contributed by atoms with Gasteiger partial charge in [-0.3, -0.25) is 4.79 Å². The Balaban J connectivity index is 1.64. The van der Waals surface area contributed by atoms with Gasteiger partial charge in [-0.15, -0.1) is 0 Å². The number of nitrogens with one attached hydrogen (secondary N) is 2. The third-order valence-corrected chi connectivity index (χ3v) is 5.33. The van der Waals surface area contributed by atoms with Crippen molar-refractivity contribution in [2.24, 2.45) is 0 Å². The smallest absolute Gasteiger partial charge is 0.410 e. The van der Waals surface area contributed by atoms with E-state index in [9.17, 15) is 23.1 Å². The van der Waals surface area contributed by atoms with Crippen LogP contribution in [0.15, 0.2) is 59.1 Å². The molecule has 3 aromatic rings. The normalized spacial score (nSPS) is 18.4. The summed E-state index contributed by atoms with van der Waals surface area (Å²) >= 11 is 3.32. The van der Waals surface area contributed by atoms with E-state index >= 15 is 0 Å². The van der Waals surface area contributed by atoms with E-state index < -0.39 is 24.2 Å². The molecule has 0 saturated carbocycles. The Labute approximate surface area is 177 Å². The lowest BCUT2D eigenvalue weighted by atomic mass is 9.97. The lowest BCUT2D eigenvalue weighted by molar-refractivity contribution is -0.173. The number of fused-ring (bicyclic) bond motifs is 1. The number of carbonyl (C=O) groups excluding carboxylic acids is 1. The van der Waals surface area contributed by atoms with Crippen LogP contribution >= 0.6 is 15.9 Å². The largest absolute Gasteiger partial charge is 0.508 e. The number of carbonyl (C=O) groups is 1. The average Bonchev–Trinajstić information content (AvgIpc) is 3.11. The number of anilines is 2. The van der Waals surface area contributed by atoms with Crippen LogP contribution in [0.5, 0.6) is 5.75 Å². The maximum absolute atomic E-state index is 13.8. The Hall–Kier alpha value is -3.01. The molecule has 0 spiro atoms. The van der Waals surface area contributed by atoms with E-state index in [-0.39, 0.29) is 23.7 Å². The zero-order valence-electron chi connectivity index (χ0n) is 15.3. The van der Waals surface area contributed by atoms with E-state index in [1.807, 2.05) is 0 Å². The number of amides is 1. The number of aromatic hydroxyl groups is 1. The minimum atomic E-state index is -4.53. The van der Waals surface area contributed by atoms with Crippen LogP contribution in [0.4, 0.5) is 24.7 Å². The second-order valence-electron chi connectivity index (χ2n) is 6.91. The van der Waals surface area contributed by atoms with Gasteiger partial charge < -0.3 is 15.7 Å². The first kappa shape index (κ1) is 20.3. The minimum Gasteiger partial charge on any atom is -0.508 e. The number of nitrogens with zero attached hydrogens (tertiary/aromatic N) is 2. The third-order valence-electron chi connectivity index (χ3n) is 4.80. The van der Waals surface area contributed by atoms with Crippen molar-refractivity contribution in [1.29, 1.82) is 0 Å². The van der Waals surface area contributed by atoms with Gasteiger partial charge >= 0.3 is 6.18 Å². The fourth-order valence-corrected chi connectivity index (χ4v) is 3.64.